The highest BCUT2D eigenvalue weighted by Crippen LogP contribution is 2.36. The van der Waals surface area contributed by atoms with Crippen LogP contribution in [0.2, 0.25) is 0 Å². The van der Waals surface area contributed by atoms with Crippen molar-refractivity contribution in [2.24, 2.45) is 5.92 Å². The number of carbonyl (C=O) groups is 4. The highest BCUT2D eigenvalue weighted by Gasteiger charge is 2.36. The monoisotopic (exact) mass is 496 g/mol. The zero-order valence-electron chi connectivity index (χ0n) is 19.0. The number of furan rings is 1. The van der Waals surface area contributed by atoms with Crippen molar-refractivity contribution in [3.63, 3.8) is 0 Å². The third kappa shape index (κ3) is 5.96. The van der Waals surface area contributed by atoms with E-state index in [4.69, 9.17) is 13.9 Å². The van der Waals surface area contributed by atoms with E-state index in [0.717, 1.165) is 10.4 Å². The maximum absolute atomic E-state index is 12.5. The van der Waals surface area contributed by atoms with E-state index in [2.05, 4.69) is 5.32 Å². The molecule has 9 nitrogen and oxygen atoms in total. The SMILES string of the molecule is CCOC(=O)c1cc(-c2ccccc2)sc1NC(=O)COC(=O)[C@H]1CC(=O)N(Cc2ccco2)C1. The van der Waals surface area contributed by atoms with Crippen LogP contribution in [-0.2, 0) is 30.4 Å². The van der Waals surface area contributed by atoms with Crippen molar-refractivity contribution in [2.75, 3.05) is 25.1 Å². The summed E-state index contributed by atoms with van der Waals surface area (Å²) in [7, 11) is 0. The van der Waals surface area contributed by atoms with Crippen molar-refractivity contribution < 1.29 is 33.1 Å². The zero-order valence-corrected chi connectivity index (χ0v) is 19.8. The molecule has 4 rings (SSSR count). The summed E-state index contributed by atoms with van der Waals surface area (Å²) in [5.74, 6) is -2.00. The van der Waals surface area contributed by atoms with Crippen molar-refractivity contribution >= 4 is 40.1 Å². The van der Waals surface area contributed by atoms with Gasteiger partial charge in [0.2, 0.25) is 5.91 Å². The van der Waals surface area contributed by atoms with Gasteiger partial charge in [-0.05, 0) is 30.7 Å². The molecule has 0 saturated carbocycles. The van der Waals surface area contributed by atoms with Crippen LogP contribution in [0.5, 0.6) is 0 Å². The maximum atomic E-state index is 12.5. The molecule has 182 valence electrons. The number of nitrogens with one attached hydrogen (secondary N) is 1. The fraction of sp³-hybridized carbons (Fsp3) is 0.280. The van der Waals surface area contributed by atoms with Crippen LogP contribution >= 0.6 is 11.3 Å². The minimum Gasteiger partial charge on any atom is -0.467 e. The first-order chi connectivity index (χ1) is 16.9. The van der Waals surface area contributed by atoms with Crippen LogP contribution < -0.4 is 5.32 Å². The second kappa shape index (κ2) is 11.0. The number of hydrogen-bond acceptors (Lipinski definition) is 8. The summed E-state index contributed by atoms with van der Waals surface area (Å²) < 4.78 is 15.5. The summed E-state index contributed by atoms with van der Waals surface area (Å²) >= 11 is 1.22. The van der Waals surface area contributed by atoms with E-state index in [1.807, 2.05) is 30.3 Å². The van der Waals surface area contributed by atoms with Gasteiger partial charge in [-0.2, -0.15) is 0 Å². The zero-order chi connectivity index (χ0) is 24.8. The van der Waals surface area contributed by atoms with Gasteiger partial charge in [0.25, 0.3) is 5.91 Å². The van der Waals surface area contributed by atoms with Crippen LogP contribution in [0.3, 0.4) is 0 Å². The molecule has 1 aliphatic rings. The van der Waals surface area contributed by atoms with Crippen molar-refractivity contribution in [3.8, 4) is 10.4 Å². The van der Waals surface area contributed by atoms with Crippen molar-refractivity contribution in [1.82, 2.24) is 4.90 Å². The summed E-state index contributed by atoms with van der Waals surface area (Å²) in [6.07, 6.45) is 1.53. The van der Waals surface area contributed by atoms with Gasteiger partial charge < -0.3 is 24.1 Å². The molecule has 1 atom stereocenters. The van der Waals surface area contributed by atoms with E-state index in [1.54, 1.807) is 25.1 Å². The molecule has 3 aromatic rings. The maximum Gasteiger partial charge on any atom is 0.341 e. The number of thiophene rings is 1. The van der Waals surface area contributed by atoms with E-state index >= 15 is 0 Å². The Kier molecular flexibility index (Phi) is 7.61. The molecule has 0 aliphatic carbocycles. The normalized spacial score (nSPS) is 15.2. The highest BCUT2D eigenvalue weighted by molar-refractivity contribution is 7.20. The van der Waals surface area contributed by atoms with Gasteiger partial charge in [-0.15, -0.1) is 11.3 Å². The molecule has 2 aromatic heterocycles. The van der Waals surface area contributed by atoms with Gasteiger partial charge in [-0.25, -0.2) is 4.79 Å². The fourth-order valence-corrected chi connectivity index (χ4v) is 4.75. The molecule has 0 bridgehead atoms. The first kappa shape index (κ1) is 24.2. The highest BCUT2D eigenvalue weighted by atomic mass is 32.1. The van der Waals surface area contributed by atoms with E-state index < -0.39 is 30.4 Å². The lowest BCUT2D eigenvalue weighted by Crippen LogP contribution is -2.28. The molecule has 3 heterocycles. The summed E-state index contributed by atoms with van der Waals surface area (Å²) in [5.41, 5.74) is 1.12. The summed E-state index contributed by atoms with van der Waals surface area (Å²) in [6.45, 7) is 1.82. The molecule has 0 radical (unpaired) electrons. The predicted octanol–water partition coefficient (Wildman–Crippen LogP) is 3.72. The number of amides is 2. The molecule has 0 spiro atoms. The Morgan fingerprint density at radius 1 is 1.14 bits per heavy atom. The molecule has 2 amide bonds. The second-order valence-corrected chi connectivity index (χ2v) is 8.90. The molecule has 35 heavy (non-hydrogen) atoms. The standard InChI is InChI=1S/C25H24N2O7S/c1-2-32-25(31)19-12-20(16-7-4-3-5-8-16)35-23(19)26-21(28)15-34-24(30)17-11-22(29)27(13-17)14-18-9-6-10-33-18/h3-10,12,17H,2,11,13-15H2,1H3,(H,26,28)/t17-/m0/s1. The van der Waals surface area contributed by atoms with Crippen molar-refractivity contribution in [2.45, 2.75) is 19.9 Å². The van der Waals surface area contributed by atoms with Gasteiger partial charge in [0.1, 0.15) is 10.8 Å². The van der Waals surface area contributed by atoms with Gasteiger partial charge in [-0.3, -0.25) is 14.4 Å². The summed E-state index contributed by atoms with van der Waals surface area (Å²) in [4.78, 5) is 51.9. The number of nitrogens with zero attached hydrogens (tertiary/aromatic N) is 1. The molecular weight excluding hydrogens is 472 g/mol. The molecular formula is C25H24N2O7S. The Hall–Kier alpha value is -3.92. The van der Waals surface area contributed by atoms with Gasteiger partial charge in [0.15, 0.2) is 6.61 Å². The first-order valence-corrected chi connectivity index (χ1v) is 11.9. The van der Waals surface area contributed by atoms with E-state index in [1.165, 1.54) is 22.5 Å². The molecule has 0 unspecified atom stereocenters. The Morgan fingerprint density at radius 2 is 1.94 bits per heavy atom. The second-order valence-electron chi connectivity index (χ2n) is 7.85. The minimum absolute atomic E-state index is 0.0134. The van der Waals surface area contributed by atoms with Crippen molar-refractivity contribution in [1.29, 1.82) is 0 Å². The number of ether oxygens (including phenoxy) is 2. The summed E-state index contributed by atoms with van der Waals surface area (Å²) in [5, 5.41) is 2.95. The Bertz CT molecular complexity index is 1200. The lowest BCUT2D eigenvalue weighted by Gasteiger charge is -2.14. The number of rotatable bonds is 9. The Morgan fingerprint density at radius 3 is 2.66 bits per heavy atom. The molecule has 10 heteroatoms. The van der Waals surface area contributed by atoms with Gasteiger partial charge in [-0.1, -0.05) is 30.3 Å². The Balaban J connectivity index is 1.35. The number of carbonyl (C=O) groups excluding carboxylic acids is 4. The first-order valence-electron chi connectivity index (χ1n) is 11.1. The topological polar surface area (TPSA) is 115 Å². The molecule has 1 aromatic carbocycles. The van der Waals surface area contributed by atoms with E-state index in [9.17, 15) is 19.2 Å². The van der Waals surface area contributed by atoms with E-state index in [0.29, 0.717) is 10.8 Å². The largest absolute Gasteiger partial charge is 0.467 e. The third-order valence-electron chi connectivity index (χ3n) is 5.36. The smallest absolute Gasteiger partial charge is 0.341 e. The fourth-order valence-electron chi connectivity index (χ4n) is 3.68. The lowest BCUT2D eigenvalue weighted by atomic mass is 10.1. The number of likely N-dealkylation sites (tertiary alicyclic amines) is 1. The number of anilines is 1. The van der Waals surface area contributed by atoms with Gasteiger partial charge in [0, 0.05) is 17.8 Å². The van der Waals surface area contributed by atoms with Gasteiger partial charge in [0.05, 0.1) is 30.9 Å². The van der Waals surface area contributed by atoms with Crippen LogP contribution in [0.1, 0.15) is 29.5 Å². The molecule has 1 fully saturated rings. The number of hydrogen-bond donors (Lipinski definition) is 1. The lowest BCUT2D eigenvalue weighted by molar-refractivity contribution is -0.151. The Labute approximate surface area is 205 Å². The van der Waals surface area contributed by atoms with Crippen molar-refractivity contribution in [3.05, 3.63) is 66.1 Å². The predicted molar refractivity (Wildman–Crippen MR) is 128 cm³/mol. The average Bonchev–Trinajstić information content (AvgIpc) is 3.60. The average molecular weight is 497 g/mol. The van der Waals surface area contributed by atoms with Crippen LogP contribution in [0.4, 0.5) is 5.00 Å². The van der Waals surface area contributed by atoms with E-state index in [-0.39, 0.29) is 37.6 Å². The summed E-state index contributed by atoms with van der Waals surface area (Å²) in [6, 6.07) is 14.6. The number of esters is 2. The van der Waals surface area contributed by atoms with Crippen LogP contribution in [-0.4, -0.2) is 48.4 Å². The molecule has 1 N–H and O–H groups in total. The third-order valence-corrected chi connectivity index (χ3v) is 6.46. The molecule has 1 aliphatic heterocycles. The molecule has 1 saturated heterocycles. The van der Waals surface area contributed by atoms with Crippen LogP contribution in [0, 0.1) is 5.92 Å². The van der Waals surface area contributed by atoms with Crippen LogP contribution in [0.15, 0.2) is 59.2 Å². The minimum atomic E-state index is -0.660. The quantitative estimate of drug-likeness (QED) is 0.449. The number of benzene rings is 1. The van der Waals surface area contributed by atoms with Gasteiger partial charge >= 0.3 is 11.9 Å². The van der Waals surface area contributed by atoms with Crippen LogP contribution in [0.25, 0.3) is 10.4 Å².